The summed E-state index contributed by atoms with van der Waals surface area (Å²) in [6.45, 7) is 0.131. The Hall–Kier alpha value is -3.45. The van der Waals surface area contributed by atoms with Crippen LogP contribution in [0, 0.1) is 5.82 Å². The van der Waals surface area contributed by atoms with E-state index in [-0.39, 0.29) is 35.2 Å². The number of amides is 3. The number of carbonyl (C=O) groups is 3. The predicted octanol–water partition coefficient (Wildman–Crippen LogP) is 4.54. The van der Waals surface area contributed by atoms with Crippen LogP contribution in [0.5, 0.6) is 0 Å². The SMILES string of the molecule is O=C(NC(c1ccccc1)c1ccc(F)cc1)c1cccc(CN2C(=O)CSC2=O)c1. The van der Waals surface area contributed by atoms with Crippen LogP contribution in [0.25, 0.3) is 0 Å². The standard InChI is InChI=1S/C24H19FN2O3S/c25-20-11-9-18(10-12-20)22(17-6-2-1-3-7-17)26-23(29)19-8-4-5-16(13-19)14-27-21(28)15-31-24(27)30/h1-13,22H,14-15H2,(H,26,29). The normalized spacial score (nSPS) is 14.5. The van der Waals surface area contributed by atoms with Crippen LogP contribution in [-0.4, -0.2) is 27.7 Å². The molecule has 0 radical (unpaired) electrons. The zero-order valence-corrected chi connectivity index (χ0v) is 17.3. The van der Waals surface area contributed by atoms with E-state index in [9.17, 15) is 18.8 Å². The smallest absolute Gasteiger partial charge is 0.289 e. The molecule has 7 heteroatoms. The molecule has 4 rings (SSSR count). The fourth-order valence-corrected chi connectivity index (χ4v) is 4.13. The van der Waals surface area contributed by atoms with Crippen molar-refractivity contribution < 1.29 is 18.8 Å². The number of imide groups is 1. The maximum Gasteiger partial charge on any atom is 0.289 e. The number of nitrogens with zero attached hydrogens (tertiary/aromatic N) is 1. The lowest BCUT2D eigenvalue weighted by molar-refractivity contribution is -0.125. The van der Waals surface area contributed by atoms with Crippen molar-refractivity contribution in [2.24, 2.45) is 0 Å². The van der Waals surface area contributed by atoms with Gasteiger partial charge < -0.3 is 5.32 Å². The molecule has 31 heavy (non-hydrogen) atoms. The molecule has 1 heterocycles. The highest BCUT2D eigenvalue weighted by Crippen LogP contribution is 2.24. The van der Waals surface area contributed by atoms with Gasteiger partial charge in [-0.25, -0.2) is 4.39 Å². The maximum atomic E-state index is 13.4. The van der Waals surface area contributed by atoms with Gasteiger partial charge in [-0.3, -0.25) is 19.3 Å². The topological polar surface area (TPSA) is 66.5 Å². The van der Waals surface area contributed by atoms with Gasteiger partial charge >= 0.3 is 0 Å². The van der Waals surface area contributed by atoms with Crippen molar-refractivity contribution in [3.8, 4) is 0 Å². The molecule has 3 aromatic rings. The third kappa shape index (κ3) is 4.83. The fourth-order valence-electron chi connectivity index (χ4n) is 3.40. The highest BCUT2D eigenvalue weighted by atomic mass is 32.2. The van der Waals surface area contributed by atoms with Crippen LogP contribution in [0.3, 0.4) is 0 Å². The summed E-state index contributed by atoms with van der Waals surface area (Å²) in [6, 6.07) is 21.8. The molecule has 0 bridgehead atoms. The molecule has 1 N–H and O–H groups in total. The van der Waals surface area contributed by atoms with Crippen molar-refractivity contribution in [1.82, 2.24) is 10.2 Å². The van der Waals surface area contributed by atoms with Gasteiger partial charge in [0.25, 0.3) is 11.1 Å². The molecular weight excluding hydrogens is 415 g/mol. The minimum Gasteiger partial charge on any atom is -0.341 e. The van der Waals surface area contributed by atoms with E-state index in [4.69, 9.17) is 0 Å². The van der Waals surface area contributed by atoms with Crippen LogP contribution in [-0.2, 0) is 11.3 Å². The summed E-state index contributed by atoms with van der Waals surface area (Å²) in [7, 11) is 0. The van der Waals surface area contributed by atoms with Gasteiger partial charge in [-0.1, -0.05) is 66.4 Å². The molecule has 1 unspecified atom stereocenters. The number of halogens is 1. The Morgan fingerprint density at radius 1 is 0.968 bits per heavy atom. The van der Waals surface area contributed by atoms with Gasteiger partial charge in [-0.05, 0) is 41.0 Å². The zero-order chi connectivity index (χ0) is 21.8. The summed E-state index contributed by atoms with van der Waals surface area (Å²) in [4.78, 5) is 38.0. The minimum absolute atomic E-state index is 0.131. The first-order valence-electron chi connectivity index (χ1n) is 9.68. The van der Waals surface area contributed by atoms with Crippen LogP contribution >= 0.6 is 11.8 Å². The molecular formula is C24H19FN2O3S. The van der Waals surface area contributed by atoms with Crippen molar-refractivity contribution >= 4 is 28.8 Å². The molecule has 5 nitrogen and oxygen atoms in total. The Morgan fingerprint density at radius 2 is 1.68 bits per heavy atom. The van der Waals surface area contributed by atoms with E-state index in [1.54, 1.807) is 36.4 Å². The number of thioether (sulfide) groups is 1. The van der Waals surface area contributed by atoms with E-state index in [1.165, 1.54) is 17.0 Å². The lowest BCUT2D eigenvalue weighted by Crippen LogP contribution is -2.30. The third-order valence-corrected chi connectivity index (χ3v) is 5.84. The number of nitrogens with one attached hydrogen (secondary N) is 1. The third-order valence-electron chi connectivity index (χ3n) is 4.98. The molecule has 0 spiro atoms. The molecule has 1 saturated heterocycles. The van der Waals surface area contributed by atoms with Gasteiger partial charge in [0, 0.05) is 5.56 Å². The van der Waals surface area contributed by atoms with E-state index < -0.39 is 6.04 Å². The molecule has 0 aromatic heterocycles. The van der Waals surface area contributed by atoms with Crippen LogP contribution in [0.15, 0.2) is 78.9 Å². The second-order valence-corrected chi connectivity index (χ2v) is 8.03. The van der Waals surface area contributed by atoms with Crippen molar-refractivity contribution in [1.29, 1.82) is 0 Å². The average Bonchev–Trinajstić information content (AvgIpc) is 3.11. The molecule has 3 amide bonds. The maximum absolute atomic E-state index is 13.4. The van der Waals surface area contributed by atoms with Gasteiger partial charge in [0.15, 0.2) is 0 Å². The lowest BCUT2D eigenvalue weighted by Gasteiger charge is -2.20. The molecule has 1 aliphatic heterocycles. The Bertz CT molecular complexity index is 1100. The molecule has 0 saturated carbocycles. The second kappa shape index (κ2) is 9.14. The van der Waals surface area contributed by atoms with Gasteiger partial charge in [-0.2, -0.15) is 0 Å². The second-order valence-electron chi connectivity index (χ2n) is 7.10. The van der Waals surface area contributed by atoms with Crippen LogP contribution < -0.4 is 5.32 Å². The van der Waals surface area contributed by atoms with Crippen molar-refractivity contribution in [3.05, 3.63) is 107 Å². The van der Waals surface area contributed by atoms with Crippen LogP contribution in [0.2, 0.25) is 0 Å². The molecule has 156 valence electrons. The highest BCUT2D eigenvalue weighted by molar-refractivity contribution is 8.14. The summed E-state index contributed by atoms with van der Waals surface area (Å²) in [5, 5.41) is 2.73. The average molecular weight is 434 g/mol. The van der Waals surface area contributed by atoms with E-state index in [2.05, 4.69) is 5.32 Å². The number of rotatable bonds is 6. The summed E-state index contributed by atoms with van der Waals surface area (Å²) in [5.41, 5.74) is 2.72. The quantitative estimate of drug-likeness (QED) is 0.619. The zero-order valence-electron chi connectivity index (χ0n) is 16.5. The predicted molar refractivity (Wildman–Crippen MR) is 117 cm³/mol. The summed E-state index contributed by atoms with van der Waals surface area (Å²) >= 11 is 0.979. The minimum atomic E-state index is -0.462. The highest BCUT2D eigenvalue weighted by Gasteiger charge is 2.29. The molecule has 1 fully saturated rings. The lowest BCUT2D eigenvalue weighted by atomic mass is 9.98. The van der Waals surface area contributed by atoms with Gasteiger partial charge in [0.2, 0.25) is 5.91 Å². The molecule has 1 aliphatic rings. The van der Waals surface area contributed by atoms with Crippen molar-refractivity contribution in [2.45, 2.75) is 12.6 Å². The van der Waals surface area contributed by atoms with E-state index in [0.717, 1.165) is 22.9 Å². The van der Waals surface area contributed by atoms with Crippen LogP contribution in [0.4, 0.5) is 9.18 Å². The fraction of sp³-hybridized carbons (Fsp3) is 0.125. The Morgan fingerprint density at radius 3 is 2.35 bits per heavy atom. The van der Waals surface area contributed by atoms with E-state index in [1.807, 2.05) is 30.3 Å². The molecule has 1 atom stereocenters. The molecule has 0 aliphatic carbocycles. The van der Waals surface area contributed by atoms with Gasteiger partial charge in [0.05, 0.1) is 18.3 Å². The van der Waals surface area contributed by atoms with Crippen molar-refractivity contribution in [3.63, 3.8) is 0 Å². The Balaban J connectivity index is 1.57. The molecule has 3 aromatic carbocycles. The first kappa shape index (κ1) is 20.8. The first-order valence-corrected chi connectivity index (χ1v) is 10.7. The number of hydrogen-bond acceptors (Lipinski definition) is 4. The summed E-state index contributed by atoms with van der Waals surface area (Å²) < 4.78 is 13.4. The van der Waals surface area contributed by atoms with Gasteiger partial charge in [0.1, 0.15) is 5.82 Å². The first-order chi connectivity index (χ1) is 15.0. The van der Waals surface area contributed by atoms with E-state index in [0.29, 0.717) is 11.1 Å². The van der Waals surface area contributed by atoms with Crippen LogP contribution in [0.1, 0.15) is 33.1 Å². The number of benzene rings is 3. The Labute approximate surface area is 183 Å². The Kier molecular flexibility index (Phi) is 6.13. The largest absolute Gasteiger partial charge is 0.341 e. The van der Waals surface area contributed by atoms with E-state index >= 15 is 0 Å². The number of carbonyl (C=O) groups excluding carboxylic acids is 3. The monoisotopic (exact) mass is 434 g/mol. The number of hydrogen-bond donors (Lipinski definition) is 1. The van der Waals surface area contributed by atoms with Crippen molar-refractivity contribution in [2.75, 3.05) is 5.75 Å². The summed E-state index contributed by atoms with van der Waals surface area (Å²) in [6.07, 6.45) is 0. The summed E-state index contributed by atoms with van der Waals surface area (Å²) in [5.74, 6) is -0.743. The van der Waals surface area contributed by atoms with Gasteiger partial charge in [-0.15, -0.1) is 0 Å².